The van der Waals surface area contributed by atoms with E-state index in [1.54, 1.807) is 22.2 Å². The molecule has 0 radical (unpaired) electrons. The zero-order valence-corrected chi connectivity index (χ0v) is 17.1. The first-order valence-electron chi connectivity index (χ1n) is 9.34. The Kier molecular flexibility index (Phi) is 4.56. The standard InChI is InChI=1S/C21H19N3O2S2/c1-24-20(25)17-15-9-5-6-10-16(15)28-19(17)23-21(24)27-12-14-11-26-18(22-14)13-7-3-2-4-8-13/h2-4,7-8,11H,5-6,9-10,12H2,1H3. The van der Waals surface area contributed by atoms with Gasteiger partial charge in [0.15, 0.2) is 5.16 Å². The van der Waals surface area contributed by atoms with Gasteiger partial charge in [-0.05, 0) is 43.4 Å². The van der Waals surface area contributed by atoms with Gasteiger partial charge in [0.2, 0.25) is 5.89 Å². The maximum Gasteiger partial charge on any atom is 0.262 e. The minimum absolute atomic E-state index is 0.0667. The van der Waals surface area contributed by atoms with Crippen LogP contribution < -0.4 is 5.56 Å². The van der Waals surface area contributed by atoms with Crippen LogP contribution in [0.2, 0.25) is 0 Å². The van der Waals surface area contributed by atoms with Gasteiger partial charge in [0.05, 0.1) is 11.1 Å². The number of thiophene rings is 1. The van der Waals surface area contributed by atoms with Crippen molar-refractivity contribution in [1.82, 2.24) is 14.5 Å². The third-order valence-electron chi connectivity index (χ3n) is 5.08. The van der Waals surface area contributed by atoms with Crippen molar-refractivity contribution in [2.45, 2.75) is 36.6 Å². The summed E-state index contributed by atoms with van der Waals surface area (Å²) < 4.78 is 7.28. The summed E-state index contributed by atoms with van der Waals surface area (Å²) in [6.07, 6.45) is 6.12. The Balaban J connectivity index is 1.42. The van der Waals surface area contributed by atoms with Crippen LogP contribution in [0.25, 0.3) is 21.7 Å². The average Bonchev–Trinajstić information content (AvgIpc) is 3.35. The third kappa shape index (κ3) is 3.08. The van der Waals surface area contributed by atoms with E-state index in [0.29, 0.717) is 11.6 Å². The molecule has 7 heteroatoms. The van der Waals surface area contributed by atoms with Gasteiger partial charge in [-0.1, -0.05) is 30.0 Å². The molecule has 142 valence electrons. The first-order chi connectivity index (χ1) is 13.7. The number of fused-ring (bicyclic) bond motifs is 3. The van der Waals surface area contributed by atoms with Crippen LogP contribution in [0.15, 0.2) is 51.0 Å². The van der Waals surface area contributed by atoms with Gasteiger partial charge in [0.1, 0.15) is 11.1 Å². The normalized spacial score (nSPS) is 13.8. The Morgan fingerprint density at radius 1 is 1.18 bits per heavy atom. The fraction of sp³-hybridized carbons (Fsp3) is 0.286. The summed E-state index contributed by atoms with van der Waals surface area (Å²) in [7, 11) is 1.81. The van der Waals surface area contributed by atoms with Crippen LogP contribution in [-0.4, -0.2) is 14.5 Å². The number of aryl methyl sites for hydroxylation is 2. The SMILES string of the molecule is Cn1c(SCc2coc(-c3ccccc3)n2)nc2sc3c(c2c1=O)CCCC3. The Hall–Kier alpha value is -2.38. The topological polar surface area (TPSA) is 60.9 Å². The van der Waals surface area contributed by atoms with Crippen LogP contribution in [0, 0.1) is 0 Å². The number of aromatic nitrogens is 3. The first-order valence-corrected chi connectivity index (χ1v) is 11.1. The van der Waals surface area contributed by atoms with Gasteiger partial charge >= 0.3 is 0 Å². The monoisotopic (exact) mass is 409 g/mol. The van der Waals surface area contributed by atoms with Gasteiger partial charge in [0, 0.05) is 23.2 Å². The van der Waals surface area contributed by atoms with E-state index in [2.05, 4.69) is 4.98 Å². The van der Waals surface area contributed by atoms with E-state index >= 15 is 0 Å². The maximum absolute atomic E-state index is 13.0. The molecule has 1 aliphatic carbocycles. The van der Waals surface area contributed by atoms with Gasteiger partial charge in [-0.25, -0.2) is 9.97 Å². The average molecular weight is 410 g/mol. The molecule has 0 saturated carbocycles. The number of hydrogen-bond acceptors (Lipinski definition) is 6. The molecule has 4 aromatic rings. The summed E-state index contributed by atoms with van der Waals surface area (Å²) >= 11 is 3.21. The van der Waals surface area contributed by atoms with Crippen molar-refractivity contribution in [2.75, 3.05) is 0 Å². The van der Waals surface area contributed by atoms with E-state index in [1.165, 1.54) is 28.6 Å². The van der Waals surface area contributed by atoms with E-state index in [4.69, 9.17) is 9.40 Å². The molecular formula is C21H19N3O2S2. The van der Waals surface area contributed by atoms with Gasteiger partial charge < -0.3 is 4.42 Å². The predicted molar refractivity (Wildman–Crippen MR) is 113 cm³/mol. The minimum Gasteiger partial charge on any atom is -0.444 e. The second kappa shape index (κ2) is 7.22. The van der Waals surface area contributed by atoms with Crippen molar-refractivity contribution in [2.24, 2.45) is 7.05 Å². The fourth-order valence-corrected chi connectivity index (χ4v) is 5.77. The largest absolute Gasteiger partial charge is 0.444 e. The fourth-order valence-electron chi connectivity index (χ4n) is 3.62. The van der Waals surface area contributed by atoms with E-state index < -0.39 is 0 Å². The van der Waals surface area contributed by atoms with Gasteiger partial charge in [-0.3, -0.25) is 9.36 Å². The lowest BCUT2D eigenvalue weighted by Gasteiger charge is -2.10. The second-order valence-electron chi connectivity index (χ2n) is 6.95. The molecule has 1 aromatic carbocycles. The van der Waals surface area contributed by atoms with Crippen molar-refractivity contribution in [3.63, 3.8) is 0 Å². The summed E-state index contributed by atoms with van der Waals surface area (Å²) in [6, 6.07) is 9.84. The van der Waals surface area contributed by atoms with Crippen LogP contribution in [0.4, 0.5) is 0 Å². The molecule has 28 heavy (non-hydrogen) atoms. The molecule has 0 bridgehead atoms. The van der Waals surface area contributed by atoms with Crippen molar-refractivity contribution >= 4 is 33.3 Å². The first kappa shape index (κ1) is 17.7. The molecule has 0 atom stereocenters. The smallest absolute Gasteiger partial charge is 0.262 e. The van der Waals surface area contributed by atoms with Crippen LogP contribution in [0.3, 0.4) is 0 Å². The van der Waals surface area contributed by atoms with E-state index in [0.717, 1.165) is 45.9 Å². The molecule has 5 nitrogen and oxygen atoms in total. The Morgan fingerprint density at radius 2 is 2.00 bits per heavy atom. The lowest BCUT2D eigenvalue weighted by Crippen LogP contribution is -2.20. The number of rotatable bonds is 4. The lowest BCUT2D eigenvalue weighted by molar-refractivity contribution is 0.573. The molecule has 3 heterocycles. The highest BCUT2D eigenvalue weighted by Crippen LogP contribution is 2.35. The van der Waals surface area contributed by atoms with Crippen LogP contribution in [0.5, 0.6) is 0 Å². The molecule has 0 amide bonds. The quantitative estimate of drug-likeness (QED) is 0.357. The minimum atomic E-state index is 0.0667. The molecule has 1 aliphatic rings. The van der Waals surface area contributed by atoms with Crippen molar-refractivity contribution in [1.29, 1.82) is 0 Å². The lowest BCUT2D eigenvalue weighted by atomic mass is 9.97. The maximum atomic E-state index is 13.0. The zero-order valence-electron chi connectivity index (χ0n) is 15.5. The Labute approximate surface area is 170 Å². The second-order valence-corrected chi connectivity index (χ2v) is 8.97. The van der Waals surface area contributed by atoms with Crippen LogP contribution in [0.1, 0.15) is 29.0 Å². The highest BCUT2D eigenvalue weighted by molar-refractivity contribution is 7.98. The van der Waals surface area contributed by atoms with Crippen LogP contribution >= 0.6 is 23.1 Å². The highest BCUT2D eigenvalue weighted by Gasteiger charge is 2.21. The number of oxazole rings is 1. The summed E-state index contributed by atoms with van der Waals surface area (Å²) in [5.74, 6) is 1.21. The molecule has 0 fully saturated rings. The summed E-state index contributed by atoms with van der Waals surface area (Å²) in [4.78, 5) is 24.6. The van der Waals surface area contributed by atoms with Crippen molar-refractivity contribution < 1.29 is 4.42 Å². The van der Waals surface area contributed by atoms with Gasteiger partial charge in [-0.2, -0.15) is 0 Å². The number of benzene rings is 1. The number of hydrogen-bond donors (Lipinski definition) is 0. The van der Waals surface area contributed by atoms with Crippen LogP contribution in [-0.2, 0) is 25.6 Å². The van der Waals surface area contributed by atoms with Gasteiger partial charge in [-0.15, -0.1) is 11.3 Å². The number of thioether (sulfide) groups is 1. The molecule has 0 unspecified atom stereocenters. The summed E-state index contributed by atoms with van der Waals surface area (Å²) in [6.45, 7) is 0. The molecular weight excluding hydrogens is 390 g/mol. The molecule has 0 aliphatic heterocycles. The van der Waals surface area contributed by atoms with Crippen molar-refractivity contribution in [3.05, 3.63) is 63.1 Å². The molecule has 0 saturated heterocycles. The molecule has 0 N–H and O–H groups in total. The van der Waals surface area contributed by atoms with E-state index in [9.17, 15) is 4.79 Å². The van der Waals surface area contributed by atoms with Crippen molar-refractivity contribution in [3.8, 4) is 11.5 Å². The molecule has 3 aromatic heterocycles. The molecule has 0 spiro atoms. The predicted octanol–water partition coefficient (Wildman–Crippen LogP) is 4.82. The third-order valence-corrected chi connectivity index (χ3v) is 7.33. The Bertz CT molecular complexity index is 1210. The van der Waals surface area contributed by atoms with E-state index in [1.807, 2.05) is 37.4 Å². The number of nitrogens with zero attached hydrogens (tertiary/aromatic N) is 3. The zero-order chi connectivity index (χ0) is 19.1. The molecule has 5 rings (SSSR count). The summed E-state index contributed by atoms with van der Waals surface area (Å²) in [5, 5.41) is 1.56. The Morgan fingerprint density at radius 3 is 2.86 bits per heavy atom. The van der Waals surface area contributed by atoms with Gasteiger partial charge in [0.25, 0.3) is 5.56 Å². The highest BCUT2D eigenvalue weighted by atomic mass is 32.2. The van der Waals surface area contributed by atoms with E-state index in [-0.39, 0.29) is 5.56 Å². The summed E-state index contributed by atoms with van der Waals surface area (Å²) in [5.41, 5.74) is 3.09.